The molecule has 2 saturated heterocycles. The van der Waals surface area contributed by atoms with Gasteiger partial charge in [-0.1, -0.05) is 12.1 Å². The number of halogens is 4. The topological polar surface area (TPSA) is 53.1 Å². The Labute approximate surface area is 213 Å². The standard InChI is InChI=1S/C27H31F4N3O3/c1-32-13-15-33(16-14-32)24(35)17-26(19-37-21-9-7-20(28)8-10-21)11-4-12-34(18-26)25(36)22-5-2-3-6-23(22)27(29,30)31/h2-3,5-10H,4,11-19H2,1H3/t26-/m0/s1. The Kier molecular flexibility index (Phi) is 8.06. The molecule has 0 radical (unpaired) electrons. The van der Waals surface area contributed by atoms with Crippen molar-refractivity contribution in [3.8, 4) is 5.75 Å². The second kappa shape index (κ2) is 11.1. The van der Waals surface area contributed by atoms with Crippen LogP contribution in [0.5, 0.6) is 5.75 Å². The fourth-order valence-electron chi connectivity index (χ4n) is 5.04. The summed E-state index contributed by atoms with van der Waals surface area (Å²) < 4.78 is 60.1. The third-order valence-electron chi connectivity index (χ3n) is 7.15. The molecule has 0 unspecified atom stereocenters. The van der Waals surface area contributed by atoms with Crippen molar-refractivity contribution >= 4 is 11.8 Å². The third-order valence-corrected chi connectivity index (χ3v) is 7.15. The highest BCUT2D eigenvalue weighted by atomic mass is 19.4. The van der Waals surface area contributed by atoms with Gasteiger partial charge < -0.3 is 19.4 Å². The second-order valence-corrected chi connectivity index (χ2v) is 9.98. The SMILES string of the molecule is CN1CCN(C(=O)C[C@@]2(COc3ccc(F)cc3)CCCN(C(=O)c3ccccc3C(F)(F)F)C2)CC1. The average Bonchev–Trinajstić information content (AvgIpc) is 2.88. The van der Waals surface area contributed by atoms with E-state index in [-0.39, 0.29) is 32.0 Å². The number of benzene rings is 2. The van der Waals surface area contributed by atoms with Crippen LogP contribution in [0.25, 0.3) is 0 Å². The molecule has 0 aliphatic carbocycles. The fraction of sp³-hybridized carbons (Fsp3) is 0.481. The van der Waals surface area contributed by atoms with E-state index in [1.54, 1.807) is 4.90 Å². The molecule has 2 aliphatic rings. The second-order valence-electron chi connectivity index (χ2n) is 9.98. The van der Waals surface area contributed by atoms with Gasteiger partial charge in [-0.2, -0.15) is 13.2 Å². The Morgan fingerprint density at radius 2 is 1.62 bits per heavy atom. The van der Waals surface area contributed by atoms with Crippen LogP contribution in [0, 0.1) is 11.2 Å². The minimum Gasteiger partial charge on any atom is -0.493 e. The van der Waals surface area contributed by atoms with E-state index in [1.165, 1.54) is 47.4 Å². The largest absolute Gasteiger partial charge is 0.493 e. The van der Waals surface area contributed by atoms with Gasteiger partial charge in [0.25, 0.3) is 5.91 Å². The van der Waals surface area contributed by atoms with E-state index in [9.17, 15) is 27.2 Å². The molecule has 200 valence electrons. The molecule has 0 aromatic heterocycles. The quantitative estimate of drug-likeness (QED) is 0.532. The summed E-state index contributed by atoms with van der Waals surface area (Å²) in [6.45, 7) is 3.12. The molecule has 4 rings (SSSR count). The normalized spacial score (nSPS) is 21.1. The maximum atomic E-state index is 13.6. The lowest BCUT2D eigenvalue weighted by atomic mass is 9.77. The number of ether oxygens (including phenoxy) is 1. The van der Waals surface area contributed by atoms with Crippen molar-refractivity contribution in [2.75, 3.05) is 52.9 Å². The van der Waals surface area contributed by atoms with Gasteiger partial charge in [-0.15, -0.1) is 0 Å². The van der Waals surface area contributed by atoms with E-state index >= 15 is 0 Å². The molecule has 2 fully saturated rings. The van der Waals surface area contributed by atoms with Crippen LogP contribution in [0.4, 0.5) is 17.6 Å². The first-order chi connectivity index (χ1) is 17.6. The number of piperazine rings is 1. The van der Waals surface area contributed by atoms with E-state index in [0.717, 1.165) is 19.2 Å². The molecule has 0 spiro atoms. The maximum Gasteiger partial charge on any atom is 0.417 e. The maximum absolute atomic E-state index is 13.6. The Hall–Kier alpha value is -3.14. The number of carbonyl (C=O) groups excluding carboxylic acids is 2. The first-order valence-electron chi connectivity index (χ1n) is 12.4. The number of rotatable bonds is 6. The number of hydrogen-bond donors (Lipinski definition) is 0. The Morgan fingerprint density at radius 1 is 0.946 bits per heavy atom. The fourth-order valence-corrected chi connectivity index (χ4v) is 5.04. The van der Waals surface area contributed by atoms with Crippen LogP contribution >= 0.6 is 0 Å². The highest BCUT2D eigenvalue weighted by molar-refractivity contribution is 5.96. The minimum absolute atomic E-state index is 0.0687. The summed E-state index contributed by atoms with van der Waals surface area (Å²) in [6, 6.07) is 10.3. The van der Waals surface area contributed by atoms with Gasteiger partial charge in [0.2, 0.25) is 5.91 Å². The molecule has 37 heavy (non-hydrogen) atoms. The number of nitrogens with zero attached hydrogens (tertiary/aromatic N) is 3. The van der Waals surface area contributed by atoms with Crippen LogP contribution in [0.15, 0.2) is 48.5 Å². The molecular formula is C27H31F4N3O3. The summed E-state index contributed by atoms with van der Waals surface area (Å²) >= 11 is 0. The number of likely N-dealkylation sites (N-methyl/N-ethyl adjacent to an activating group) is 1. The molecule has 10 heteroatoms. The van der Waals surface area contributed by atoms with Crippen LogP contribution in [-0.2, 0) is 11.0 Å². The van der Waals surface area contributed by atoms with Crippen molar-refractivity contribution in [1.82, 2.24) is 14.7 Å². The van der Waals surface area contributed by atoms with Gasteiger partial charge in [0.15, 0.2) is 0 Å². The first kappa shape index (κ1) is 26.9. The lowest BCUT2D eigenvalue weighted by Crippen LogP contribution is -2.53. The van der Waals surface area contributed by atoms with Gasteiger partial charge in [-0.05, 0) is 56.3 Å². The molecule has 6 nitrogen and oxygen atoms in total. The third kappa shape index (κ3) is 6.60. The van der Waals surface area contributed by atoms with E-state index < -0.39 is 34.4 Å². The molecule has 0 bridgehead atoms. The summed E-state index contributed by atoms with van der Waals surface area (Å²) in [5.41, 5.74) is -2.18. The molecule has 2 amide bonds. The molecule has 0 saturated carbocycles. The zero-order valence-corrected chi connectivity index (χ0v) is 20.8. The smallest absolute Gasteiger partial charge is 0.417 e. The van der Waals surface area contributed by atoms with E-state index in [4.69, 9.17) is 4.74 Å². The van der Waals surface area contributed by atoms with Crippen LogP contribution in [0.3, 0.4) is 0 Å². The molecule has 2 heterocycles. The van der Waals surface area contributed by atoms with Gasteiger partial charge >= 0.3 is 6.18 Å². The van der Waals surface area contributed by atoms with Crippen molar-refractivity contribution < 1.29 is 31.9 Å². The molecule has 0 N–H and O–H groups in total. The number of carbonyl (C=O) groups is 2. The van der Waals surface area contributed by atoms with Crippen molar-refractivity contribution in [1.29, 1.82) is 0 Å². The number of likely N-dealkylation sites (tertiary alicyclic amines) is 1. The van der Waals surface area contributed by atoms with Crippen molar-refractivity contribution in [2.24, 2.45) is 5.41 Å². The molecular weight excluding hydrogens is 490 g/mol. The molecule has 2 aliphatic heterocycles. The zero-order valence-electron chi connectivity index (χ0n) is 20.8. The molecule has 2 aromatic carbocycles. The first-order valence-corrected chi connectivity index (χ1v) is 12.4. The van der Waals surface area contributed by atoms with Crippen LogP contribution in [0.1, 0.15) is 35.2 Å². The van der Waals surface area contributed by atoms with Gasteiger partial charge in [0, 0.05) is 51.1 Å². The van der Waals surface area contributed by atoms with Crippen LogP contribution in [0.2, 0.25) is 0 Å². The average molecular weight is 522 g/mol. The lowest BCUT2D eigenvalue weighted by Gasteiger charge is -2.43. The van der Waals surface area contributed by atoms with E-state index in [1.807, 2.05) is 7.05 Å². The van der Waals surface area contributed by atoms with Crippen molar-refractivity contribution in [2.45, 2.75) is 25.4 Å². The van der Waals surface area contributed by atoms with Gasteiger partial charge in [-0.25, -0.2) is 4.39 Å². The Morgan fingerprint density at radius 3 is 2.30 bits per heavy atom. The van der Waals surface area contributed by atoms with Crippen LogP contribution < -0.4 is 4.74 Å². The summed E-state index contributed by atoms with van der Waals surface area (Å²) in [7, 11) is 1.99. The van der Waals surface area contributed by atoms with Gasteiger partial charge in [-0.3, -0.25) is 9.59 Å². The predicted molar refractivity (Wildman–Crippen MR) is 130 cm³/mol. The van der Waals surface area contributed by atoms with Gasteiger partial charge in [0.05, 0.1) is 17.7 Å². The zero-order chi connectivity index (χ0) is 26.6. The number of amides is 2. The Bertz CT molecular complexity index is 1100. The van der Waals surface area contributed by atoms with E-state index in [2.05, 4.69) is 4.90 Å². The number of piperidine rings is 1. The highest BCUT2D eigenvalue weighted by Crippen LogP contribution is 2.38. The van der Waals surface area contributed by atoms with Crippen molar-refractivity contribution in [3.63, 3.8) is 0 Å². The minimum atomic E-state index is -4.66. The Balaban J connectivity index is 1.57. The van der Waals surface area contributed by atoms with Gasteiger partial charge in [0.1, 0.15) is 11.6 Å². The summed E-state index contributed by atoms with van der Waals surface area (Å²) in [5, 5.41) is 0. The number of hydrogen-bond acceptors (Lipinski definition) is 4. The molecule has 2 aromatic rings. The highest BCUT2D eigenvalue weighted by Gasteiger charge is 2.43. The monoisotopic (exact) mass is 521 g/mol. The van der Waals surface area contributed by atoms with Crippen LogP contribution in [-0.4, -0.2) is 79.4 Å². The summed E-state index contributed by atoms with van der Waals surface area (Å²) in [6.07, 6.45) is -3.48. The number of alkyl halides is 3. The van der Waals surface area contributed by atoms with E-state index in [0.29, 0.717) is 31.7 Å². The molecule has 1 atom stereocenters. The summed E-state index contributed by atoms with van der Waals surface area (Å²) in [4.78, 5) is 32.0. The lowest BCUT2D eigenvalue weighted by molar-refractivity contribution is -0.138. The summed E-state index contributed by atoms with van der Waals surface area (Å²) in [5.74, 6) is -0.782. The predicted octanol–water partition coefficient (Wildman–Crippen LogP) is 4.31. The van der Waals surface area contributed by atoms with Crippen molar-refractivity contribution in [3.05, 3.63) is 65.5 Å².